The van der Waals surface area contributed by atoms with Gasteiger partial charge >= 0.3 is 11.6 Å². The van der Waals surface area contributed by atoms with E-state index in [0.29, 0.717) is 24.3 Å². The van der Waals surface area contributed by atoms with Crippen molar-refractivity contribution in [2.75, 3.05) is 13.2 Å². The number of unbranched alkanes of at least 4 members (excludes halogenated alkanes) is 3. The van der Waals surface area contributed by atoms with Crippen molar-refractivity contribution in [1.29, 1.82) is 0 Å². The number of amides is 1. The summed E-state index contributed by atoms with van der Waals surface area (Å²) >= 11 is 0. The van der Waals surface area contributed by atoms with Gasteiger partial charge in [0.25, 0.3) is 5.91 Å². The van der Waals surface area contributed by atoms with E-state index in [4.69, 9.17) is 14.3 Å². The normalized spacial score (nSPS) is 10.8. The Balaban J connectivity index is 1.84. The highest BCUT2D eigenvalue weighted by molar-refractivity contribution is 5.82. The average molecular weight is 389 g/mol. The number of hydrogen-bond acceptors (Lipinski definition) is 5. The van der Waals surface area contributed by atoms with Crippen LogP contribution in [0.25, 0.3) is 11.0 Å². The summed E-state index contributed by atoms with van der Waals surface area (Å²) in [6.45, 7) is 2.44. The van der Waals surface area contributed by atoms with Gasteiger partial charge < -0.3 is 19.6 Å². The first kappa shape index (κ1) is 21.5. The number of ether oxygens (including phenoxy) is 1. The maximum atomic E-state index is 11.8. The molecular formula is C21H27NO6. The number of nitrogens with one attached hydrogen (secondary N) is 1. The molecule has 0 aliphatic carbocycles. The molecule has 1 heterocycles. The van der Waals surface area contributed by atoms with Crippen molar-refractivity contribution in [3.63, 3.8) is 0 Å². The number of carboxylic acids is 1. The van der Waals surface area contributed by atoms with Crippen molar-refractivity contribution in [3.8, 4) is 5.75 Å². The van der Waals surface area contributed by atoms with Crippen molar-refractivity contribution in [2.45, 2.75) is 51.9 Å². The van der Waals surface area contributed by atoms with Crippen molar-refractivity contribution in [3.05, 3.63) is 40.2 Å². The van der Waals surface area contributed by atoms with Gasteiger partial charge in [-0.05, 0) is 43.4 Å². The summed E-state index contributed by atoms with van der Waals surface area (Å²) in [5.74, 6) is -0.600. The van der Waals surface area contributed by atoms with E-state index in [2.05, 4.69) is 12.2 Å². The van der Waals surface area contributed by atoms with E-state index >= 15 is 0 Å². The molecule has 0 radical (unpaired) electrons. The van der Waals surface area contributed by atoms with E-state index in [1.54, 1.807) is 12.1 Å². The molecule has 7 nitrogen and oxygen atoms in total. The fourth-order valence-electron chi connectivity index (χ4n) is 2.88. The number of hydrogen-bond donors (Lipinski definition) is 2. The van der Waals surface area contributed by atoms with Gasteiger partial charge in [0.1, 0.15) is 11.3 Å². The van der Waals surface area contributed by atoms with Crippen molar-refractivity contribution in [1.82, 2.24) is 5.32 Å². The standard InChI is InChI=1S/C21H27NO6/c1-2-3-7-15-12-21(26)28-18-13-16(9-10-17(15)18)27-14-19(23)22-11-6-4-5-8-20(24)25/h9-10,12-13H,2-8,11,14H2,1H3,(H,22,23)(H,24,25). The van der Waals surface area contributed by atoms with Gasteiger partial charge in [0.2, 0.25) is 0 Å². The topological polar surface area (TPSA) is 106 Å². The Morgan fingerprint density at radius 1 is 1.14 bits per heavy atom. The molecule has 28 heavy (non-hydrogen) atoms. The maximum absolute atomic E-state index is 11.8. The number of benzene rings is 1. The molecule has 1 aromatic heterocycles. The Labute approximate surface area is 163 Å². The van der Waals surface area contributed by atoms with Crippen LogP contribution in [-0.4, -0.2) is 30.1 Å². The lowest BCUT2D eigenvalue weighted by molar-refractivity contribution is -0.137. The molecule has 2 N–H and O–H groups in total. The fraction of sp³-hybridized carbons (Fsp3) is 0.476. The number of fused-ring (bicyclic) bond motifs is 1. The van der Waals surface area contributed by atoms with Crippen LogP contribution >= 0.6 is 0 Å². The van der Waals surface area contributed by atoms with Crippen LogP contribution in [0.4, 0.5) is 0 Å². The predicted octanol–water partition coefficient (Wildman–Crippen LogP) is 3.28. The van der Waals surface area contributed by atoms with Gasteiger partial charge in [-0.15, -0.1) is 0 Å². The Hall–Kier alpha value is -2.83. The minimum absolute atomic E-state index is 0.139. The summed E-state index contributed by atoms with van der Waals surface area (Å²) in [5.41, 5.74) is 1.02. The van der Waals surface area contributed by atoms with Gasteiger partial charge in [-0.1, -0.05) is 19.8 Å². The zero-order valence-electron chi connectivity index (χ0n) is 16.2. The lowest BCUT2D eigenvalue weighted by Crippen LogP contribution is -2.29. The molecule has 2 aromatic rings. The molecule has 0 saturated carbocycles. The molecule has 1 aromatic carbocycles. The molecule has 1 amide bonds. The van der Waals surface area contributed by atoms with E-state index in [0.717, 1.165) is 43.1 Å². The summed E-state index contributed by atoms with van der Waals surface area (Å²) in [7, 11) is 0. The second kappa shape index (κ2) is 11.1. The van der Waals surface area contributed by atoms with E-state index in [1.807, 2.05) is 6.07 Å². The first-order chi connectivity index (χ1) is 13.5. The van der Waals surface area contributed by atoms with Gasteiger partial charge in [-0.2, -0.15) is 0 Å². The second-order valence-corrected chi connectivity index (χ2v) is 6.70. The summed E-state index contributed by atoms with van der Waals surface area (Å²) in [6.07, 6.45) is 5.07. The van der Waals surface area contributed by atoms with Gasteiger partial charge in [-0.3, -0.25) is 9.59 Å². The molecular weight excluding hydrogens is 362 g/mol. The predicted molar refractivity (Wildman–Crippen MR) is 106 cm³/mol. The van der Waals surface area contributed by atoms with Crippen LogP contribution in [0.15, 0.2) is 33.5 Å². The zero-order valence-corrected chi connectivity index (χ0v) is 16.2. The largest absolute Gasteiger partial charge is 0.484 e. The SMILES string of the molecule is CCCCc1cc(=O)oc2cc(OCC(=O)NCCCCCC(=O)O)ccc12. The average Bonchev–Trinajstić information content (AvgIpc) is 2.66. The molecule has 0 bridgehead atoms. The lowest BCUT2D eigenvalue weighted by Gasteiger charge is -2.09. The monoisotopic (exact) mass is 389 g/mol. The number of aryl methyl sites for hydroxylation is 1. The number of rotatable bonds is 12. The van der Waals surface area contributed by atoms with E-state index in [9.17, 15) is 14.4 Å². The molecule has 0 spiro atoms. The summed E-state index contributed by atoms with van der Waals surface area (Å²) < 4.78 is 10.8. The Kier molecular flexibility index (Phi) is 8.52. The highest BCUT2D eigenvalue weighted by Crippen LogP contribution is 2.23. The second-order valence-electron chi connectivity index (χ2n) is 6.70. The molecule has 0 saturated heterocycles. The van der Waals surface area contributed by atoms with E-state index < -0.39 is 11.6 Å². The number of carbonyl (C=O) groups excluding carboxylic acids is 1. The minimum atomic E-state index is -0.805. The van der Waals surface area contributed by atoms with Gasteiger partial charge in [0.15, 0.2) is 6.61 Å². The highest BCUT2D eigenvalue weighted by atomic mass is 16.5. The highest BCUT2D eigenvalue weighted by Gasteiger charge is 2.08. The fourth-order valence-corrected chi connectivity index (χ4v) is 2.88. The van der Waals surface area contributed by atoms with Crippen molar-refractivity contribution >= 4 is 22.8 Å². The Morgan fingerprint density at radius 3 is 2.71 bits per heavy atom. The molecule has 0 fully saturated rings. The summed E-state index contributed by atoms with van der Waals surface area (Å²) in [4.78, 5) is 34.0. The number of carbonyl (C=O) groups is 2. The van der Waals surface area contributed by atoms with E-state index in [1.165, 1.54) is 6.07 Å². The van der Waals surface area contributed by atoms with Crippen molar-refractivity contribution < 1.29 is 23.8 Å². The maximum Gasteiger partial charge on any atom is 0.336 e. The summed E-state index contributed by atoms with van der Waals surface area (Å²) in [5, 5.41) is 12.2. The van der Waals surface area contributed by atoms with Crippen LogP contribution < -0.4 is 15.7 Å². The number of carboxylic acid groups (broad SMARTS) is 1. The first-order valence-corrected chi connectivity index (χ1v) is 9.67. The van der Waals surface area contributed by atoms with Crippen LogP contribution in [0, 0.1) is 0 Å². The van der Waals surface area contributed by atoms with Gasteiger partial charge in [0.05, 0.1) is 0 Å². The van der Waals surface area contributed by atoms with Crippen LogP contribution in [0.1, 0.15) is 51.0 Å². The van der Waals surface area contributed by atoms with E-state index in [-0.39, 0.29) is 18.9 Å². The third-order valence-corrected chi connectivity index (χ3v) is 4.36. The van der Waals surface area contributed by atoms with Crippen LogP contribution in [0.3, 0.4) is 0 Å². The molecule has 0 atom stereocenters. The number of aliphatic carboxylic acids is 1. The minimum Gasteiger partial charge on any atom is -0.484 e. The van der Waals surface area contributed by atoms with Gasteiger partial charge in [-0.25, -0.2) is 4.79 Å². The quantitative estimate of drug-likeness (QED) is 0.426. The third-order valence-electron chi connectivity index (χ3n) is 4.36. The first-order valence-electron chi connectivity index (χ1n) is 9.67. The zero-order chi connectivity index (χ0) is 20.4. The van der Waals surface area contributed by atoms with Crippen molar-refractivity contribution in [2.24, 2.45) is 0 Å². The van der Waals surface area contributed by atoms with Gasteiger partial charge in [0, 0.05) is 30.5 Å². The molecule has 2 rings (SSSR count). The Morgan fingerprint density at radius 2 is 1.96 bits per heavy atom. The molecule has 0 aliphatic heterocycles. The molecule has 7 heteroatoms. The smallest absolute Gasteiger partial charge is 0.336 e. The molecule has 0 aliphatic rings. The van der Waals surface area contributed by atoms with Crippen LogP contribution in [0.5, 0.6) is 5.75 Å². The molecule has 0 unspecified atom stereocenters. The van der Waals surface area contributed by atoms with Crippen LogP contribution in [-0.2, 0) is 16.0 Å². The lowest BCUT2D eigenvalue weighted by atomic mass is 10.0. The Bertz CT molecular complexity index is 858. The van der Waals surface area contributed by atoms with Crippen LogP contribution in [0.2, 0.25) is 0 Å². The molecule has 152 valence electrons. The third kappa shape index (κ3) is 7.06. The summed E-state index contributed by atoms with van der Waals surface area (Å²) in [6, 6.07) is 6.77.